The molecular weight excluding hydrogens is 520 g/mol. The molecule has 0 saturated carbocycles. The summed E-state index contributed by atoms with van der Waals surface area (Å²) in [5.41, 5.74) is 1.91. The van der Waals surface area contributed by atoms with E-state index in [1.165, 1.54) is 42.5 Å². The summed E-state index contributed by atoms with van der Waals surface area (Å²) in [6.45, 7) is 3.52. The maximum atomic E-state index is 13.1. The summed E-state index contributed by atoms with van der Waals surface area (Å²) in [5, 5.41) is 15.3. The summed E-state index contributed by atoms with van der Waals surface area (Å²) >= 11 is 12.5. The van der Waals surface area contributed by atoms with Crippen molar-refractivity contribution >= 4 is 52.5 Å². The van der Waals surface area contributed by atoms with Crippen LogP contribution in [0.5, 0.6) is 11.5 Å². The molecule has 190 valence electrons. The Hall–Kier alpha value is -4.06. The molecule has 2 N–H and O–H groups in total. The van der Waals surface area contributed by atoms with Gasteiger partial charge in [0.25, 0.3) is 11.8 Å². The minimum Gasteiger partial charge on any atom is -0.490 e. The zero-order chi connectivity index (χ0) is 26.9. The Labute approximate surface area is 223 Å². The first-order valence-corrected chi connectivity index (χ1v) is 11.8. The van der Waals surface area contributed by atoms with Crippen LogP contribution in [-0.4, -0.2) is 25.0 Å². The molecule has 0 bridgehead atoms. The number of hydrogen-bond donors (Lipinski definition) is 2. The number of benzene rings is 3. The van der Waals surface area contributed by atoms with Gasteiger partial charge >= 0.3 is 0 Å². The summed E-state index contributed by atoms with van der Waals surface area (Å²) in [6, 6.07) is 15.1. The predicted molar refractivity (Wildman–Crippen MR) is 142 cm³/mol. The lowest BCUT2D eigenvalue weighted by Crippen LogP contribution is -2.20. The van der Waals surface area contributed by atoms with E-state index in [1.54, 1.807) is 25.1 Å². The van der Waals surface area contributed by atoms with Crippen molar-refractivity contribution < 1.29 is 23.5 Å². The number of nitrogens with one attached hydrogen (secondary N) is 2. The van der Waals surface area contributed by atoms with Crippen LogP contribution in [-0.2, 0) is 9.59 Å². The topological polar surface area (TPSA) is 100 Å². The molecule has 0 unspecified atom stereocenters. The van der Waals surface area contributed by atoms with E-state index in [-0.39, 0.29) is 35.3 Å². The molecule has 0 aliphatic carbocycles. The summed E-state index contributed by atoms with van der Waals surface area (Å²) < 4.78 is 24.3. The van der Waals surface area contributed by atoms with Crippen LogP contribution < -0.4 is 20.1 Å². The van der Waals surface area contributed by atoms with Gasteiger partial charge in [-0.05, 0) is 79.6 Å². The summed E-state index contributed by atoms with van der Waals surface area (Å²) in [5.74, 6) is -1.22. The van der Waals surface area contributed by atoms with Gasteiger partial charge in [0.05, 0.1) is 11.6 Å². The molecule has 2 amide bonds. The van der Waals surface area contributed by atoms with Gasteiger partial charge < -0.3 is 20.1 Å². The molecule has 0 saturated heterocycles. The molecule has 10 heteroatoms. The second kappa shape index (κ2) is 12.8. The van der Waals surface area contributed by atoms with Crippen molar-refractivity contribution in [1.29, 1.82) is 5.26 Å². The molecule has 3 rings (SSSR count). The van der Waals surface area contributed by atoms with Gasteiger partial charge in [-0.1, -0.05) is 29.3 Å². The lowest BCUT2D eigenvalue weighted by atomic mass is 10.1. The number of nitriles is 1. The summed E-state index contributed by atoms with van der Waals surface area (Å²) in [4.78, 5) is 24.9. The Morgan fingerprint density at radius 2 is 1.70 bits per heavy atom. The molecule has 37 heavy (non-hydrogen) atoms. The number of halogens is 3. The monoisotopic (exact) mass is 541 g/mol. The first-order valence-electron chi connectivity index (χ1n) is 11.0. The Kier molecular flexibility index (Phi) is 9.50. The van der Waals surface area contributed by atoms with E-state index in [2.05, 4.69) is 10.6 Å². The zero-order valence-electron chi connectivity index (χ0n) is 19.9. The molecular formula is C27H22Cl2FN3O4. The van der Waals surface area contributed by atoms with Crippen LogP contribution in [0.4, 0.5) is 15.8 Å². The van der Waals surface area contributed by atoms with Crippen LogP contribution in [0.3, 0.4) is 0 Å². The number of nitrogens with zero attached hydrogens (tertiary/aromatic N) is 1. The number of ether oxygens (including phenoxy) is 2. The fourth-order valence-corrected chi connectivity index (χ4v) is 3.58. The smallest absolute Gasteiger partial charge is 0.266 e. The Balaban J connectivity index is 1.76. The van der Waals surface area contributed by atoms with E-state index >= 15 is 0 Å². The number of carbonyl (C=O) groups excluding carboxylic acids is 2. The Morgan fingerprint density at radius 1 is 1.00 bits per heavy atom. The van der Waals surface area contributed by atoms with Crippen LogP contribution >= 0.6 is 23.2 Å². The number of hydrogen-bond acceptors (Lipinski definition) is 5. The van der Waals surface area contributed by atoms with Crippen molar-refractivity contribution in [2.45, 2.75) is 13.8 Å². The van der Waals surface area contributed by atoms with Crippen LogP contribution in [0.25, 0.3) is 6.08 Å². The molecule has 3 aromatic rings. The highest BCUT2D eigenvalue weighted by Gasteiger charge is 2.16. The zero-order valence-corrected chi connectivity index (χ0v) is 21.4. The van der Waals surface area contributed by atoms with Crippen molar-refractivity contribution in [3.63, 3.8) is 0 Å². The third kappa shape index (κ3) is 7.71. The minimum atomic E-state index is -0.684. The van der Waals surface area contributed by atoms with Gasteiger partial charge in [-0.25, -0.2) is 4.39 Å². The van der Waals surface area contributed by atoms with Gasteiger partial charge in [-0.3, -0.25) is 9.59 Å². The number of anilines is 2. The van der Waals surface area contributed by atoms with Crippen molar-refractivity contribution in [3.05, 3.63) is 87.2 Å². The standard InChI is InChI=1S/C27H22Cl2FN3O4/c1-3-36-24-12-17(10-18(14-31)27(35)33-20-8-5-19(30)6-9-20)11-23(29)26(24)37-15-25(34)32-21-7-4-16(2)22(28)13-21/h4-13H,3,15H2,1-2H3,(H,32,34)(H,33,35)/b18-10+. The van der Waals surface area contributed by atoms with Crippen LogP contribution in [0.1, 0.15) is 18.1 Å². The fourth-order valence-electron chi connectivity index (χ4n) is 3.13. The molecule has 0 aliphatic heterocycles. The Morgan fingerprint density at radius 3 is 2.35 bits per heavy atom. The normalized spacial score (nSPS) is 10.9. The molecule has 0 aliphatic rings. The van der Waals surface area contributed by atoms with Gasteiger partial charge in [-0.2, -0.15) is 5.26 Å². The van der Waals surface area contributed by atoms with Gasteiger partial charge in [-0.15, -0.1) is 0 Å². The highest BCUT2D eigenvalue weighted by molar-refractivity contribution is 6.32. The maximum absolute atomic E-state index is 13.1. The summed E-state index contributed by atoms with van der Waals surface area (Å²) in [7, 11) is 0. The number of aryl methyl sites for hydroxylation is 1. The van der Waals surface area contributed by atoms with Crippen molar-refractivity contribution in [2.24, 2.45) is 0 Å². The highest BCUT2D eigenvalue weighted by atomic mass is 35.5. The highest BCUT2D eigenvalue weighted by Crippen LogP contribution is 2.37. The van der Waals surface area contributed by atoms with Gasteiger partial charge in [0.1, 0.15) is 17.5 Å². The van der Waals surface area contributed by atoms with Gasteiger partial charge in [0, 0.05) is 16.4 Å². The second-order valence-corrected chi connectivity index (χ2v) is 8.51. The van der Waals surface area contributed by atoms with E-state index < -0.39 is 17.6 Å². The number of carbonyl (C=O) groups is 2. The number of amides is 2. The van der Waals surface area contributed by atoms with Crippen LogP contribution in [0.15, 0.2) is 60.2 Å². The average molecular weight is 542 g/mol. The van der Waals surface area contributed by atoms with Crippen molar-refractivity contribution in [3.8, 4) is 17.6 Å². The third-order valence-electron chi connectivity index (χ3n) is 4.91. The SMILES string of the molecule is CCOc1cc(/C=C(\C#N)C(=O)Nc2ccc(F)cc2)cc(Cl)c1OCC(=O)Nc1ccc(C)c(Cl)c1. The molecule has 0 fully saturated rings. The fraction of sp³-hybridized carbons (Fsp3) is 0.148. The third-order valence-corrected chi connectivity index (χ3v) is 5.60. The van der Waals surface area contributed by atoms with Crippen LogP contribution in [0.2, 0.25) is 10.0 Å². The van der Waals surface area contributed by atoms with Crippen LogP contribution in [0, 0.1) is 24.1 Å². The van der Waals surface area contributed by atoms with Gasteiger partial charge in [0.15, 0.2) is 18.1 Å². The lowest BCUT2D eigenvalue weighted by molar-refractivity contribution is -0.118. The molecule has 3 aromatic carbocycles. The lowest BCUT2D eigenvalue weighted by Gasteiger charge is -2.15. The second-order valence-electron chi connectivity index (χ2n) is 7.69. The average Bonchev–Trinajstić information content (AvgIpc) is 2.85. The predicted octanol–water partition coefficient (Wildman–Crippen LogP) is 6.40. The molecule has 0 radical (unpaired) electrons. The maximum Gasteiger partial charge on any atom is 0.266 e. The molecule has 0 spiro atoms. The van der Waals surface area contributed by atoms with Gasteiger partial charge in [0.2, 0.25) is 0 Å². The molecule has 0 atom stereocenters. The number of rotatable bonds is 9. The Bertz CT molecular complexity index is 1390. The minimum absolute atomic E-state index is 0.111. The van der Waals surface area contributed by atoms with E-state index in [4.69, 9.17) is 32.7 Å². The molecule has 0 aromatic heterocycles. The van der Waals surface area contributed by atoms with Crippen molar-refractivity contribution in [2.75, 3.05) is 23.8 Å². The van der Waals surface area contributed by atoms with E-state index in [0.717, 1.165) is 5.56 Å². The first-order chi connectivity index (χ1) is 17.7. The quantitative estimate of drug-likeness (QED) is 0.241. The van der Waals surface area contributed by atoms with E-state index in [9.17, 15) is 19.2 Å². The largest absolute Gasteiger partial charge is 0.490 e. The summed E-state index contributed by atoms with van der Waals surface area (Å²) in [6.07, 6.45) is 1.32. The molecule has 0 heterocycles. The molecule has 7 nitrogen and oxygen atoms in total. The van der Waals surface area contributed by atoms with Crippen molar-refractivity contribution in [1.82, 2.24) is 0 Å². The van der Waals surface area contributed by atoms with E-state index in [0.29, 0.717) is 22.0 Å². The van der Waals surface area contributed by atoms with E-state index in [1.807, 2.05) is 13.0 Å². The first kappa shape index (κ1) is 27.5.